The summed E-state index contributed by atoms with van der Waals surface area (Å²) < 4.78 is 0. The second-order valence-corrected chi connectivity index (χ2v) is 15.0. The number of hydrogen-bond donors (Lipinski definition) is 0. The molecule has 0 saturated carbocycles. The van der Waals surface area contributed by atoms with Gasteiger partial charge in [-0.05, 0) is 25.7 Å². The first-order valence-corrected chi connectivity index (χ1v) is 21.5. The van der Waals surface area contributed by atoms with Crippen molar-refractivity contribution in [3.05, 3.63) is 12.4 Å². The summed E-state index contributed by atoms with van der Waals surface area (Å²) in [7, 11) is 0. The molecule has 1 heterocycles. The van der Waals surface area contributed by atoms with Crippen molar-refractivity contribution in [1.29, 1.82) is 0 Å². The Morgan fingerprint density at radius 3 is 0.778 bits per heavy atom. The van der Waals surface area contributed by atoms with Crippen molar-refractivity contribution in [2.45, 2.75) is 252 Å². The first kappa shape index (κ1) is 42.4. The quantitative estimate of drug-likeness (QED) is 0.0630. The molecule has 268 valence electrons. The van der Waals surface area contributed by atoms with E-state index in [1.807, 2.05) is 0 Å². The molecular weight excluding hydrogens is 544 g/mol. The van der Waals surface area contributed by atoms with Crippen LogP contribution in [0.2, 0.25) is 0 Å². The highest BCUT2D eigenvalue weighted by Crippen LogP contribution is 2.24. The summed E-state index contributed by atoms with van der Waals surface area (Å²) in [5.41, 5.74) is 0. The van der Waals surface area contributed by atoms with Gasteiger partial charge in [-0.1, -0.05) is 220 Å². The number of rotatable bonds is 37. The van der Waals surface area contributed by atoms with Crippen molar-refractivity contribution in [3.63, 3.8) is 0 Å². The second kappa shape index (κ2) is 34.7. The van der Waals surface area contributed by atoms with Crippen LogP contribution in [0, 0.1) is 0 Å². The van der Waals surface area contributed by atoms with Gasteiger partial charge in [0.05, 0.1) is 0 Å². The van der Waals surface area contributed by atoms with Crippen LogP contribution in [-0.4, -0.2) is 29.1 Å². The molecule has 1 aliphatic rings. The van der Waals surface area contributed by atoms with Gasteiger partial charge in [0.2, 0.25) is 0 Å². The van der Waals surface area contributed by atoms with E-state index in [0.717, 1.165) is 0 Å². The zero-order chi connectivity index (χ0) is 32.3. The van der Waals surface area contributed by atoms with Crippen LogP contribution in [-0.2, 0) is 0 Å². The van der Waals surface area contributed by atoms with Crippen molar-refractivity contribution in [1.82, 2.24) is 9.80 Å². The number of nitrogens with zero attached hydrogens (tertiary/aromatic N) is 2. The average Bonchev–Trinajstić information content (AvgIpc) is 3.43. The Bertz CT molecular complexity index is 586. The van der Waals surface area contributed by atoms with Crippen LogP contribution in [0.25, 0.3) is 0 Å². The first-order valence-electron chi connectivity index (χ1n) is 21.5. The summed E-state index contributed by atoms with van der Waals surface area (Å²) in [6, 6.07) is 0. The molecule has 0 aromatic heterocycles. The SMILES string of the molecule is CCCCCCCCCCCCCCCCCCN1C=CN(CCCCCCCCCCCC)C1CCCCCCCCCC. The fourth-order valence-electron chi connectivity index (χ4n) is 7.42. The molecule has 0 spiro atoms. The van der Waals surface area contributed by atoms with Crippen molar-refractivity contribution >= 4 is 0 Å². The molecule has 0 radical (unpaired) electrons. The maximum atomic E-state index is 2.72. The molecule has 1 rings (SSSR count). The molecule has 1 unspecified atom stereocenters. The van der Waals surface area contributed by atoms with Gasteiger partial charge in [-0.3, -0.25) is 0 Å². The van der Waals surface area contributed by atoms with E-state index in [-0.39, 0.29) is 0 Å². The summed E-state index contributed by atoms with van der Waals surface area (Å²) in [5, 5.41) is 0. The summed E-state index contributed by atoms with van der Waals surface area (Å²) in [5.74, 6) is 0. The second-order valence-electron chi connectivity index (χ2n) is 15.0. The third-order valence-corrected chi connectivity index (χ3v) is 10.6. The lowest BCUT2D eigenvalue weighted by Gasteiger charge is -2.33. The van der Waals surface area contributed by atoms with Crippen LogP contribution in [0.5, 0.6) is 0 Å². The first-order chi connectivity index (χ1) is 22.3. The molecule has 1 aliphatic heterocycles. The molecule has 0 N–H and O–H groups in total. The third kappa shape index (κ3) is 27.0. The highest BCUT2D eigenvalue weighted by atomic mass is 15.4. The van der Waals surface area contributed by atoms with Gasteiger partial charge in [-0.15, -0.1) is 0 Å². The molecule has 0 aliphatic carbocycles. The molecule has 0 amide bonds. The van der Waals surface area contributed by atoms with E-state index in [1.54, 1.807) is 0 Å². The van der Waals surface area contributed by atoms with Gasteiger partial charge in [0.15, 0.2) is 0 Å². The average molecular weight is 631 g/mol. The molecule has 2 nitrogen and oxygen atoms in total. The Morgan fingerprint density at radius 1 is 0.289 bits per heavy atom. The van der Waals surface area contributed by atoms with Crippen molar-refractivity contribution in [2.24, 2.45) is 0 Å². The number of unbranched alkanes of at least 4 members (excludes halogenated alkanes) is 31. The predicted molar refractivity (Wildman–Crippen MR) is 205 cm³/mol. The summed E-state index contributed by atoms with van der Waals surface area (Å²) in [6.45, 7) is 9.49. The Labute approximate surface area is 286 Å². The Kier molecular flexibility index (Phi) is 32.6. The van der Waals surface area contributed by atoms with Crippen LogP contribution >= 0.6 is 0 Å². The lowest BCUT2D eigenvalue weighted by molar-refractivity contribution is 0.135. The molecule has 0 aromatic carbocycles. The minimum atomic E-state index is 0.639. The van der Waals surface area contributed by atoms with Crippen molar-refractivity contribution < 1.29 is 0 Å². The third-order valence-electron chi connectivity index (χ3n) is 10.6. The minimum absolute atomic E-state index is 0.639. The Hall–Kier alpha value is -0.660. The van der Waals surface area contributed by atoms with Crippen molar-refractivity contribution in [2.75, 3.05) is 13.1 Å². The molecule has 1 atom stereocenters. The molecule has 2 heteroatoms. The monoisotopic (exact) mass is 631 g/mol. The zero-order valence-electron chi connectivity index (χ0n) is 31.8. The van der Waals surface area contributed by atoms with Gasteiger partial charge in [-0.2, -0.15) is 0 Å². The summed E-state index contributed by atoms with van der Waals surface area (Å²) in [4.78, 5) is 5.44. The van der Waals surface area contributed by atoms with Gasteiger partial charge < -0.3 is 9.80 Å². The van der Waals surface area contributed by atoms with Gasteiger partial charge >= 0.3 is 0 Å². The maximum Gasteiger partial charge on any atom is 0.101 e. The van der Waals surface area contributed by atoms with Crippen LogP contribution < -0.4 is 0 Å². The van der Waals surface area contributed by atoms with Gasteiger partial charge in [0.25, 0.3) is 0 Å². The highest BCUT2D eigenvalue weighted by molar-refractivity contribution is 4.97. The standard InChI is InChI=1S/C43H86N2/c1-4-7-10-13-16-19-21-22-23-24-25-26-28-31-34-37-40-45-42-41-44(39-36-33-30-27-20-17-14-11-8-5-2)43(45)38-35-32-29-18-15-12-9-6-3/h41-43H,4-40H2,1-3H3. The summed E-state index contributed by atoms with van der Waals surface area (Å²) >= 11 is 0. The van der Waals surface area contributed by atoms with E-state index < -0.39 is 0 Å². The van der Waals surface area contributed by atoms with E-state index in [1.165, 1.54) is 238 Å². The summed E-state index contributed by atoms with van der Waals surface area (Å²) in [6.07, 6.45) is 55.9. The molecule has 0 aromatic rings. The Balaban J connectivity index is 2.16. The Morgan fingerprint density at radius 2 is 0.511 bits per heavy atom. The van der Waals surface area contributed by atoms with Crippen LogP contribution in [0.3, 0.4) is 0 Å². The minimum Gasteiger partial charge on any atom is -0.356 e. The van der Waals surface area contributed by atoms with Gasteiger partial charge in [0.1, 0.15) is 6.17 Å². The lowest BCUT2D eigenvalue weighted by Crippen LogP contribution is -2.39. The molecule has 0 fully saturated rings. The normalized spacial score (nSPS) is 14.8. The predicted octanol–water partition coefficient (Wildman–Crippen LogP) is 15.1. The fourth-order valence-corrected chi connectivity index (χ4v) is 7.42. The van der Waals surface area contributed by atoms with Crippen LogP contribution in [0.15, 0.2) is 12.4 Å². The van der Waals surface area contributed by atoms with E-state index in [0.29, 0.717) is 6.17 Å². The van der Waals surface area contributed by atoms with E-state index in [9.17, 15) is 0 Å². The largest absolute Gasteiger partial charge is 0.356 e. The molecule has 45 heavy (non-hydrogen) atoms. The van der Waals surface area contributed by atoms with E-state index in [2.05, 4.69) is 43.0 Å². The molecule has 0 saturated heterocycles. The van der Waals surface area contributed by atoms with Crippen molar-refractivity contribution in [3.8, 4) is 0 Å². The van der Waals surface area contributed by atoms with E-state index >= 15 is 0 Å². The van der Waals surface area contributed by atoms with E-state index in [4.69, 9.17) is 0 Å². The fraction of sp³-hybridized carbons (Fsp3) is 0.953. The topological polar surface area (TPSA) is 6.48 Å². The number of hydrogen-bond acceptors (Lipinski definition) is 2. The smallest absolute Gasteiger partial charge is 0.101 e. The van der Waals surface area contributed by atoms with Gasteiger partial charge in [-0.25, -0.2) is 0 Å². The molecule has 0 bridgehead atoms. The molecular formula is C43H86N2. The lowest BCUT2D eigenvalue weighted by atomic mass is 10.0. The van der Waals surface area contributed by atoms with Gasteiger partial charge in [0, 0.05) is 25.5 Å². The highest BCUT2D eigenvalue weighted by Gasteiger charge is 2.24. The maximum absolute atomic E-state index is 2.72. The zero-order valence-corrected chi connectivity index (χ0v) is 31.8. The van der Waals surface area contributed by atoms with Crippen LogP contribution in [0.4, 0.5) is 0 Å². The van der Waals surface area contributed by atoms with Crippen LogP contribution in [0.1, 0.15) is 245 Å².